The number of nitrogens with one attached hydrogen (secondary N) is 1. The maximum Gasteiger partial charge on any atom is 0.0948 e. The molecular weight excluding hydrogens is 278 g/mol. The van der Waals surface area contributed by atoms with Crippen LogP contribution in [0.4, 0.5) is 5.69 Å². The fourth-order valence-corrected chi connectivity index (χ4v) is 1.96. The molecule has 0 aliphatic heterocycles. The average Bonchev–Trinajstić information content (AvgIpc) is 2.77. The van der Waals surface area contributed by atoms with Gasteiger partial charge in [0.15, 0.2) is 0 Å². The van der Waals surface area contributed by atoms with Crippen molar-refractivity contribution < 1.29 is 0 Å². The third kappa shape index (κ3) is 3.33. The first-order valence-electron chi connectivity index (χ1n) is 5.78. The zero-order valence-corrected chi connectivity index (χ0v) is 11.4. The van der Waals surface area contributed by atoms with Gasteiger partial charge in [-0.15, -0.1) is 0 Å². The van der Waals surface area contributed by atoms with Gasteiger partial charge in [0.05, 0.1) is 18.6 Å². The Hall–Kier alpha value is -1.29. The summed E-state index contributed by atoms with van der Waals surface area (Å²) < 4.78 is 3.28. The molecular formula is C13H16BrN3. The first kappa shape index (κ1) is 12.2. The molecule has 1 aromatic carbocycles. The molecule has 2 rings (SSSR count). The molecule has 0 unspecified atom stereocenters. The standard InChI is InChI=1S/C13H16BrN3/c1-2-7-17-10-15-8-13(17)9-16-12-5-3-11(14)4-6-12/h3-6,8,10,16H,2,7,9H2,1H3. The number of imidazole rings is 1. The Balaban J connectivity index is 1.97. The first-order chi connectivity index (χ1) is 8.29. The van der Waals surface area contributed by atoms with Crippen LogP contribution in [-0.2, 0) is 13.1 Å². The van der Waals surface area contributed by atoms with Crippen LogP contribution in [-0.4, -0.2) is 9.55 Å². The minimum Gasteiger partial charge on any atom is -0.379 e. The van der Waals surface area contributed by atoms with Crippen LogP contribution in [0.5, 0.6) is 0 Å². The Bertz CT molecular complexity index is 462. The van der Waals surface area contributed by atoms with Crippen LogP contribution in [0.25, 0.3) is 0 Å². The highest BCUT2D eigenvalue weighted by Crippen LogP contribution is 2.15. The molecule has 90 valence electrons. The van der Waals surface area contributed by atoms with E-state index in [1.807, 2.05) is 24.7 Å². The third-order valence-corrected chi connectivity index (χ3v) is 3.11. The summed E-state index contributed by atoms with van der Waals surface area (Å²) >= 11 is 3.43. The van der Waals surface area contributed by atoms with E-state index in [9.17, 15) is 0 Å². The molecule has 3 nitrogen and oxygen atoms in total. The van der Waals surface area contributed by atoms with Gasteiger partial charge in [0.25, 0.3) is 0 Å². The predicted molar refractivity (Wildman–Crippen MR) is 74.0 cm³/mol. The van der Waals surface area contributed by atoms with E-state index in [-0.39, 0.29) is 0 Å². The second kappa shape index (κ2) is 5.87. The molecule has 1 N–H and O–H groups in total. The van der Waals surface area contributed by atoms with Gasteiger partial charge in [-0.2, -0.15) is 0 Å². The van der Waals surface area contributed by atoms with Crippen LogP contribution in [0.1, 0.15) is 19.0 Å². The van der Waals surface area contributed by atoms with Gasteiger partial charge < -0.3 is 9.88 Å². The van der Waals surface area contributed by atoms with Crippen molar-refractivity contribution in [1.82, 2.24) is 9.55 Å². The Morgan fingerprint density at radius 3 is 2.76 bits per heavy atom. The predicted octanol–water partition coefficient (Wildman–Crippen LogP) is 3.67. The normalized spacial score (nSPS) is 10.5. The minimum absolute atomic E-state index is 0.807. The van der Waals surface area contributed by atoms with Crippen LogP contribution in [0.3, 0.4) is 0 Å². The molecule has 17 heavy (non-hydrogen) atoms. The molecule has 0 saturated heterocycles. The number of anilines is 1. The van der Waals surface area contributed by atoms with Crippen LogP contribution in [0.2, 0.25) is 0 Å². The van der Waals surface area contributed by atoms with Crippen molar-refractivity contribution in [1.29, 1.82) is 0 Å². The van der Waals surface area contributed by atoms with E-state index in [0.29, 0.717) is 0 Å². The molecule has 0 spiro atoms. The third-order valence-electron chi connectivity index (χ3n) is 2.58. The second-order valence-electron chi connectivity index (χ2n) is 3.94. The van der Waals surface area contributed by atoms with E-state index in [4.69, 9.17) is 0 Å². The molecule has 0 aliphatic rings. The van der Waals surface area contributed by atoms with Crippen molar-refractivity contribution in [2.75, 3.05) is 5.32 Å². The quantitative estimate of drug-likeness (QED) is 0.912. The molecule has 0 aliphatic carbocycles. The maximum atomic E-state index is 4.18. The summed E-state index contributed by atoms with van der Waals surface area (Å²) in [5, 5.41) is 3.39. The summed E-state index contributed by atoms with van der Waals surface area (Å²) in [5.41, 5.74) is 2.34. The summed E-state index contributed by atoms with van der Waals surface area (Å²) in [4.78, 5) is 4.18. The van der Waals surface area contributed by atoms with Gasteiger partial charge in [-0.05, 0) is 30.7 Å². The average molecular weight is 294 g/mol. The molecule has 0 saturated carbocycles. The highest BCUT2D eigenvalue weighted by Gasteiger charge is 2.00. The number of hydrogen-bond acceptors (Lipinski definition) is 2. The van der Waals surface area contributed by atoms with Gasteiger partial charge in [-0.3, -0.25) is 0 Å². The maximum absolute atomic E-state index is 4.18. The number of hydrogen-bond donors (Lipinski definition) is 1. The van der Waals surface area contributed by atoms with Crippen molar-refractivity contribution >= 4 is 21.6 Å². The molecule has 1 heterocycles. The largest absolute Gasteiger partial charge is 0.379 e. The van der Waals surface area contributed by atoms with E-state index >= 15 is 0 Å². The van der Waals surface area contributed by atoms with E-state index in [1.54, 1.807) is 0 Å². The van der Waals surface area contributed by atoms with Crippen molar-refractivity contribution in [3.05, 3.63) is 47.0 Å². The van der Waals surface area contributed by atoms with Gasteiger partial charge in [0.2, 0.25) is 0 Å². The fourth-order valence-electron chi connectivity index (χ4n) is 1.70. The second-order valence-corrected chi connectivity index (χ2v) is 4.85. The highest BCUT2D eigenvalue weighted by atomic mass is 79.9. The molecule has 0 atom stereocenters. The lowest BCUT2D eigenvalue weighted by molar-refractivity contribution is 0.651. The monoisotopic (exact) mass is 293 g/mol. The number of aromatic nitrogens is 2. The summed E-state index contributed by atoms with van der Waals surface area (Å²) in [6.45, 7) is 4.00. The lowest BCUT2D eigenvalue weighted by Gasteiger charge is -2.09. The van der Waals surface area contributed by atoms with Crippen LogP contribution >= 0.6 is 15.9 Å². The molecule has 0 bridgehead atoms. The summed E-state index contributed by atoms with van der Waals surface area (Å²) in [6, 6.07) is 8.19. The summed E-state index contributed by atoms with van der Waals surface area (Å²) in [5.74, 6) is 0. The van der Waals surface area contributed by atoms with E-state index in [1.165, 1.54) is 5.69 Å². The number of benzene rings is 1. The lowest BCUT2D eigenvalue weighted by Crippen LogP contribution is -2.06. The molecule has 0 amide bonds. The SMILES string of the molecule is CCCn1cncc1CNc1ccc(Br)cc1. The highest BCUT2D eigenvalue weighted by molar-refractivity contribution is 9.10. The Morgan fingerprint density at radius 2 is 2.06 bits per heavy atom. The van der Waals surface area contributed by atoms with E-state index in [2.05, 4.69) is 49.9 Å². The lowest BCUT2D eigenvalue weighted by atomic mass is 10.3. The number of rotatable bonds is 5. The number of halogens is 1. The molecule has 0 fully saturated rings. The van der Waals surface area contributed by atoms with Gasteiger partial charge in [0.1, 0.15) is 0 Å². The van der Waals surface area contributed by atoms with Crippen LogP contribution in [0, 0.1) is 0 Å². The van der Waals surface area contributed by atoms with Crippen molar-refractivity contribution in [2.24, 2.45) is 0 Å². The summed E-state index contributed by atoms with van der Waals surface area (Å²) in [7, 11) is 0. The fraction of sp³-hybridized carbons (Fsp3) is 0.308. The first-order valence-corrected chi connectivity index (χ1v) is 6.57. The van der Waals surface area contributed by atoms with E-state index in [0.717, 1.165) is 29.7 Å². The summed E-state index contributed by atoms with van der Waals surface area (Å²) in [6.07, 6.45) is 4.94. The topological polar surface area (TPSA) is 29.9 Å². The van der Waals surface area contributed by atoms with Crippen molar-refractivity contribution in [3.63, 3.8) is 0 Å². The van der Waals surface area contributed by atoms with Crippen molar-refractivity contribution in [2.45, 2.75) is 26.4 Å². The Kier molecular flexibility index (Phi) is 4.20. The Morgan fingerprint density at radius 1 is 1.29 bits per heavy atom. The minimum atomic E-state index is 0.807. The van der Waals surface area contributed by atoms with Crippen LogP contribution < -0.4 is 5.32 Å². The van der Waals surface area contributed by atoms with Gasteiger partial charge in [-0.1, -0.05) is 22.9 Å². The Labute approximate surface area is 110 Å². The number of nitrogens with zero attached hydrogens (tertiary/aromatic N) is 2. The van der Waals surface area contributed by atoms with Crippen molar-refractivity contribution in [3.8, 4) is 0 Å². The number of aryl methyl sites for hydroxylation is 1. The zero-order valence-electron chi connectivity index (χ0n) is 9.86. The van der Waals surface area contributed by atoms with Gasteiger partial charge in [-0.25, -0.2) is 4.98 Å². The molecule has 1 aromatic heterocycles. The zero-order chi connectivity index (χ0) is 12.1. The molecule has 2 aromatic rings. The smallest absolute Gasteiger partial charge is 0.0948 e. The molecule has 0 radical (unpaired) electrons. The van der Waals surface area contributed by atoms with Gasteiger partial charge >= 0.3 is 0 Å². The van der Waals surface area contributed by atoms with E-state index < -0.39 is 0 Å². The van der Waals surface area contributed by atoms with Crippen LogP contribution in [0.15, 0.2) is 41.3 Å². The van der Waals surface area contributed by atoms with Gasteiger partial charge in [0, 0.05) is 22.9 Å². The molecule has 4 heteroatoms.